The molecule has 27 heavy (non-hydrogen) atoms. The van der Waals surface area contributed by atoms with E-state index in [1.807, 2.05) is 7.05 Å². The van der Waals surface area contributed by atoms with Crippen molar-refractivity contribution >= 4 is 5.96 Å². The maximum atomic E-state index is 9.62. The molecule has 2 fully saturated rings. The Morgan fingerprint density at radius 2 is 1.81 bits per heavy atom. The molecule has 0 amide bonds. The van der Waals surface area contributed by atoms with E-state index < -0.39 is 0 Å². The molecule has 3 rings (SSSR count). The van der Waals surface area contributed by atoms with Crippen LogP contribution in [-0.2, 0) is 13.1 Å². The van der Waals surface area contributed by atoms with Gasteiger partial charge in [-0.15, -0.1) is 0 Å². The van der Waals surface area contributed by atoms with Crippen molar-refractivity contribution in [1.82, 2.24) is 15.5 Å². The zero-order valence-electron chi connectivity index (χ0n) is 17.0. The molecule has 3 N–H and O–H groups in total. The van der Waals surface area contributed by atoms with Crippen molar-refractivity contribution in [3.05, 3.63) is 35.4 Å². The lowest BCUT2D eigenvalue weighted by Gasteiger charge is -2.29. The molecular formula is C22H36N4O. The fourth-order valence-electron chi connectivity index (χ4n) is 4.24. The van der Waals surface area contributed by atoms with Crippen LogP contribution in [0.5, 0.6) is 0 Å². The molecule has 1 saturated heterocycles. The quantitative estimate of drug-likeness (QED) is 0.549. The van der Waals surface area contributed by atoms with Crippen LogP contribution in [0.15, 0.2) is 29.3 Å². The molecule has 150 valence electrons. The van der Waals surface area contributed by atoms with Gasteiger partial charge in [0.25, 0.3) is 0 Å². The van der Waals surface area contributed by atoms with Crippen LogP contribution in [0, 0.1) is 5.92 Å². The van der Waals surface area contributed by atoms with Crippen LogP contribution in [0.25, 0.3) is 0 Å². The Balaban J connectivity index is 1.43. The lowest BCUT2D eigenvalue weighted by molar-refractivity contribution is 0.0792. The molecule has 2 unspecified atom stereocenters. The molecule has 2 aliphatic rings. The van der Waals surface area contributed by atoms with Crippen molar-refractivity contribution < 1.29 is 5.11 Å². The summed E-state index contributed by atoms with van der Waals surface area (Å²) in [5.41, 5.74) is 2.61. The summed E-state index contributed by atoms with van der Waals surface area (Å²) in [7, 11) is 1.85. The highest BCUT2D eigenvalue weighted by Gasteiger charge is 2.19. The molecule has 0 bridgehead atoms. The van der Waals surface area contributed by atoms with Gasteiger partial charge in [-0.1, -0.05) is 44.0 Å². The first kappa shape index (κ1) is 20.2. The van der Waals surface area contributed by atoms with Gasteiger partial charge in [0.1, 0.15) is 0 Å². The van der Waals surface area contributed by atoms with Crippen LogP contribution in [0.3, 0.4) is 0 Å². The van der Waals surface area contributed by atoms with E-state index >= 15 is 0 Å². The monoisotopic (exact) mass is 372 g/mol. The number of aliphatic imine (C=N–C) groups is 1. The average molecular weight is 373 g/mol. The Morgan fingerprint density at radius 1 is 1.11 bits per heavy atom. The number of nitrogens with zero attached hydrogens (tertiary/aromatic N) is 2. The van der Waals surface area contributed by atoms with Gasteiger partial charge in [0.15, 0.2) is 5.96 Å². The third-order valence-corrected chi connectivity index (χ3v) is 5.95. The fraction of sp³-hybridized carbons (Fsp3) is 0.682. The Bertz CT molecular complexity index is 593. The number of aliphatic hydroxyl groups excluding tert-OH is 1. The third kappa shape index (κ3) is 6.51. The highest BCUT2D eigenvalue weighted by atomic mass is 16.3. The number of rotatable bonds is 5. The van der Waals surface area contributed by atoms with Gasteiger partial charge in [0.2, 0.25) is 0 Å². The Hall–Kier alpha value is -1.59. The van der Waals surface area contributed by atoms with E-state index in [-0.39, 0.29) is 6.10 Å². The lowest BCUT2D eigenvalue weighted by atomic mass is 9.87. The number of nitrogens with one attached hydrogen (secondary N) is 2. The third-order valence-electron chi connectivity index (χ3n) is 5.95. The first-order chi connectivity index (χ1) is 13.1. The van der Waals surface area contributed by atoms with E-state index in [1.165, 1.54) is 36.8 Å². The summed E-state index contributed by atoms with van der Waals surface area (Å²) >= 11 is 0. The van der Waals surface area contributed by atoms with Gasteiger partial charge < -0.3 is 15.7 Å². The Kier molecular flexibility index (Phi) is 7.53. The van der Waals surface area contributed by atoms with Gasteiger partial charge in [0.05, 0.1) is 6.10 Å². The zero-order valence-corrected chi connectivity index (χ0v) is 17.0. The number of aliphatic hydroxyl groups is 1. The molecule has 5 heteroatoms. The first-order valence-electron chi connectivity index (χ1n) is 10.6. The summed E-state index contributed by atoms with van der Waals surface area (Å²) in [6.07, 6.45) is 6.84. The predicted molar refractivity (Wildman–Crippen MR) is 112 cm³/mol. The largest absolute Gasteiger partial charge is 0.393 e. The second-order valence-electron chi connectivity index (χ2n) is 8.36. The van der Waals surface area contributed by atoms with E-state index in [1.54, 1.807) is 0 Å². The van der Waals surface area contributed by atoms with Crippen molar-refractivity contribution in [3.63, 3.8) is 0 Å². The lowest BCUT2D eigenvalue weighted by Crippen LogP contribution is -2.44. The van der Waals surface area contributed by atoms with Gasteiger partial charge in [-0.3, -0.25) is 9.89 Å². The maximum absolute atomic E-state index is 9.62. The molecule has 2 atom stereocenters. The van der Waals surface area contributed by atoms with Crippen molar-refractivity contribution in [1.29, 1.82) is 0 Å². The summed E-state index contributed by atoms with van der Waals surface area (Å²) < 4.78 is 0. The fourth-order valence-corrected chi connectivity index (χ4v) is 4.24. The molecule has 1 heterocycles. The van der Waals surface area contributed by atoms with Crippen molar-refractivity contribution in [2.45, 2.75) is 70.7 Å². The summed E-state index contributed by atoms with van der Waals surface area (Å²) in [4.78, 5) is 6.82. The normalized spacial score (nSPS) is 25.4. The second-order valence-corrected chi connectivity index (χ2v) is 8.36. The Labute approximate surface area is 164 Å². The first-order valence-corrected chi connectivity index (χ1v) is 10.6. The number of hydrogen-bond donors (Lipinski definition) is 3. The number of piperidine rings is 1. The highest BCUT2D eigenvalue weighted by Crippen LogP contribution is 2.23. The van der Waals surface area contributed by atoms with Gasteiger partial charge >= 0.3 is 0 Å². The number of hydrogen-bond acceptors (Lipinski definition) is 3. The predicted octanol–water partition coefficient (Wildman–Crippen LogP) is 2.89. The molecule has 1 aromatic rings. The minimum Gasteiger partial charge on any atom is -0.393 e. The van der Waals surface area contributed by atoms with Crippen molar-refractivity contribution in [2.24, 2.45) is 10.9 Å². The maximum Gasteiger partial charge on any atom is 0.191 e. The number of benzene rings is 1. The summed E-state index contributed by atoms with van der Waals surface area (Å²) in [6, 6.07) is 9.40. The highest BCUT2D eigenvalue weighted by molar-refractivity contribution is 5.79. The van der Waals surface area contributed by atoms with Gasteiger partial charge in [0, 0.05) is 39.3 Å². The summed E-state index contributed by atoms with van der Waals surface area (Å²) in [5.74, 6) is 1.72. The standard InChI is InChI=1S/C22H36N4O/c1-17-4-3-5-20(14-17)25-22(23-2)24-15-18-6-8-19(9-7-18)16-26-12-10-21(27)11-13-26/h6-9,17,20-21,27H,3-5,10-16H2,1-2H3,(H2,23,24,25). The molecule has 1 aliphatic carbocycles. The van der Waals surface area contributed by atoms with Crippen molar-refractivity contribution in [2.75, 3.05) is 20.1 Å². The van der Waals surface area contributed by atoms with Crippen LogP contribution in [-0.4, -0.2) is 48.2 Å². The minimum atomic E-state index is -0.102. The molecule has 1 saturated carbocycles. The minimum absolute atomic E-state index is 0.102. The number of guanidine groups is 1. The molecule has 0 aromatic heterocycles. The topological polar surface area (TPSA) is 59.9 Å². The molecule has 5 nitrogen and oxygen atoms in total. The van der Waals surface area contributed by atoms with Gasteiger partial charge in [-0.25, -0.2) is 0 Å². The van der Waals surface area contributed by atoms with Crippen LogP contribution in [0.1, 0.15) is 56.6 Å². The number of likely N-dealkylation sites (tertiary alicyclic amines) is 1. The van der Waals surface area contributed by atoms with E-state index in [2.05, 4.69) is 51.7 Å². The van der Waals surface area contributed by atoms with Crippen LogP contribution in [0.4, 0.5) is 0 Å². The van der Waals surface area contributed by atoms with E-state index in [0.29, 0.717) is 6.04 Å². The molecule has 0 radical (unpaired) electrons. The van der Waals surface area contributed by atoms with E-state index in [4.69, 9.17) is 0 Å². The van der Waals surface area contributed by atoms with Crippen LogP contribution in [0.2, 0.25) is 0 Å². The molecule has 1 aliphatic heterocycles. The van der Waals surface area contributed by atoms with Gasteiger partial charge in [-0.2, -0.15) is 0 Å². The van der Waals surface area contributed by atoms with E-state index in [0.717, 1.165) is 50.9 Å². The summed E-state index contributed by atoms with van der Waals surface area (Å²) in [6.45, 7) is 6.10. The molecule has 1 aromatic carbocycles. The van der Waals surface area contributed by atoms with Crippen LogP contribution >= 0.6 is 0 Å². The van der Waals surface area contributed by atoms with Gasteiger partial charge in [-0.05, 0) is 42.7 Å². The average Bonchev–Trinajstić information content (AvgIpc) is 2.68. The Morgan fingerprint density at radius 3 is 2.48 bits per heavy atom. The second kappa shape index (κ2) is 10.1. The van der Waals surface area contributed by atoms with Crippen LogP contribution < -0.4 is 10.6 Å². The summed E-state index contributed by atoms with van der Waals surface area (Å²) in [5, 5.41) is 16.7. The SMILES string of the molecule is CN=C(NCc1ccc(CN2CCC(O)CC2)cc1)NC1CCCC(C)C1. The van der Waals surface area contributed by atoms with Crippen molar-refractivity contribution in [3.8, 4) is 0 Å². The molecule has 0 spiro atoms. The molecular weight excluding hydrogens is 336 g/mol. The smallest absolute Gasteiger partial charge is 0.191 e. The zero-order chi connectivity index (χ0) is 19.1. The van der Waals surface area contributed by atoms with E-state index in [9.17, 15) is 5.11 Å².